The average molecular weight is 197 g/mol. The molecule has 0 spiro atoms. The molecule has 14 heavy (non-hydrogen) atoms. The van der Waals surface area contributed by atoms with Crippen LogP contribution in [0, 0.1) is 11.6 Å². The third-order valence-electron chi connectivity index (χ3n) is 2.29. The van der Waals surface area contributed by atoms with Crippen molar-refractivity contribution >= 4 is 6.40 Å². The normalized spacial score (nSPS) is 25.1. The zero-order chi connectivity index (χ0) is 10.2. The fourth-order valence-corrected chi connectivity index (χ4v) is 1.45. The van der Waals surface area contributed by atoms with E-state index in [1.165, 1.54) is 6.40 Å². The van der Waals surface area contributed by atoms with Gasteiger partial charge in [-0.1, -0.05) is 0 Å². The van der Waals surface area contributed by atoms with E-state index < -0.39 is 17.2 Å². The number of ether oxygens (including phenoxy) is 1. The standard InChI is InChI=1S/C10H9F2NO/c1-10(5-14-6-13-10)8-4-7(11)2-3-9(8)12/h2-4,6H,5H2,1H3. The Kier molecular flexibility index (Phi) is 1.98. The van der Waals surface area contributed by atoms with Crippen LogP contribution in [-0.2, 0) is 10.3 Å². The van der Waals surface area contributed by atoms with Crippen LogP contribution >= 0.6 is 0 Å². The van der Waals surface area contributed by atoms with Gasteiger partial charge < -0.3 is 4.74 Å². The van der Waals surface area contributed by atoms with E-state index in [-0.39, 0.29) is 12.2 Å². The van der Waals surface area contributed by atoms with Crippen molar-refractivity contribution in [2.45, 2.75) is 12.5 Å². The number of nitrogens with zero attached hydrogens (tertiary/aromatic N) is 1. The van der Waals surface area contributed by atoms with Crippen LogP contribution in [0.4, 0.5) is 8.78 Å². The lowest BCUT2D eigenvalue weighted by atomic mass is 9.93. The second-order valence-corrected chi connectivity index (χ2v) is 3.44. The summed E-state index contributed by atoms with van der Waals surface area (Å²) in [5, 5.41) is 0. The zero-order valence-corrected chi connectivity index (χ0v) is 7.63. The molecule has 1 aliphatic rings. The van der Waals surface area contributed by atoms with E-state index in [2.05, 4.69) is 4.99 Å². The molecule has 1 atom stereocenters. The van der Waals surface area contributed by atoms with Crippen molar-refractivity contribution in [3.05, 3.63) is 35.4 Å². The molecule has 0 saturated heterocycles. The number of rotatable bonds is 1. The second kappa shape index (κ2) is 3.04. The van der Waals surface area contributed by atoms with Crippen molar-refractivity contribution in [1.82, 2.24) is 0 Å². The summed E-state index contributed by atoms with van der Waals surface area (Å²) in [6.45, 7) is 1.95. The first-order chi connectivity index (χ1) is 6.62. The highest BCUT2D eigenvalue weighted by Crippen LogP contribution is 2.30. The van der Waals surface area contributed by atoms with E-state index in [9.17, 15) is 8.78 Å². The molecule has 1 heterocycles. The molecule has 0 aliphatic carbocycles. The summed E-state index contributed by atoms with van der Waals surface area (Å²) in [5.41, 5.74) is -0.571. The van der Waals surface area contributed by atoms with Crippen LogP contribution in [0.25, 0.3) is 0 Å². The lowest BCUT2D eigenvalue weighted by molar-refractivity contribution is 0.271. The second-order valence-electron chi connectivity index (χ2n) is 3.44. The Morgan fingerprint density at radius 2 is 2.21 bits per heavy atom. The Hall–Kier alpha value is -1.45. The Bertz CT molecular complexity index is 392. The summed E-state index contributed by atoms with van der Waals surface area (Å²) in [5.74, 6) is -0.929. The van der Waals surface area contributed by atoms with E-state index in [1.807, 2.05) is 0 Å². The van der Waals surface area contributed by atoms with Crippen LogP contribution in [0.2, 0.25) is 0 Å². The molecule has 0 aromatic heterocycles. The minimum absolute atomic E-state index is 0.228. The highest BCUT2D eigenvalue weighted by atomic mass is 19.1. The average Bonchev–Trinajstić information content (AvgIpc) is 2.58. The predicted molar refractivity (Wildman–Crippen MR) is 48.2 cm³/mol. The summed E-state index contributed by atoms with van der Waals surface area (Å²) in [4.78, 5) is 3.99. The number of halogens is 2. The monoisotopic (exact) mass is 197 g/mol. The molecule has 1 unspecified atom stereocenters. The maximum absolute atomic E-state index is 13.4. The van der Waals surface area contributed by atoms with Crippen LogP contribution in [-0.4, -0.2) is 13.0 Å². The van der Waals surface area contributed by atoms with Crippen LogP contribution in [0.15, 0.2) is 23.2 Å². The van der Waals surface area contributed by atoms with Gasteiger partial charge in [-0.2, -0.15) is 0 Å². The molecule has 0 saturated carbocycles. The van der Waals surface area contributed by atoms with Gasteiger partial charge in [0, 0.05) is 5.56 Å². The van der Waals surface area contributed by atoms with E-state index in [0.717, 1.165) is 18.2 Å². The molecule has 0 radical (unpaired) electrons. The quantitative estimate of drug-likeness (QED) is 0.676. The first kappa shape index (κ1) is 9.12. The molecule has 0 fully saturated rings. The van der Waals surface area contributed by atoms with Crippen LogP contribution in [0.1, 0.15) is 12.5 Å². The van der Waals surface area contributed by atoms with Gasteiger partial charge in [0.2, 0.25) is 0 Å². The fourth-order valence-electron chi connectivity index (χ4n) is 1.45. The molecule has 1 aromatic carbocycles. The van der Waals surface area contributed by atoms with Gasteiger partial charge in [0.15, 0.2) is 6.40 Å². The summed E-state index contributed by atoms with van der Waals surface area (Å²) in [6, 6.07) is 3.34. The summed E-state index contributed by atoms with van der Waals surface area (Å²) in [6.07, 6.45) is 1.27. The van der Waals surface area contributed by atoms with Gasteiger partial charge in [-0.25, -0.2) is 13.8 Å². The highest BCUT2D eigenvalue weighted by Gasteiger charge is 2.32. The van der Waals surface area contributed by atoms with E-state index in [1.54, 1.807) is 6.92 Å². The van der Waals surface area contributed by atoms with Gasteiger partial charge in [-0.15, -0.1) is 0 Å². The van der Waals surface area contributed by atoms with E-state index >= 15 is 0 Å². The first-order valence-corrected chi connectivity index (χ1v) is 4.23. The molecule has 0 N–H and O–H groups in total. The van der Waals surface area contributed by atoms with Crippen LogP contribution in [0.5, 0.6) is 0 Å². The maximum Gasteiger partial charge on any atom is 0.170 e. The van der Waals surface area contributed by atoms with Gasteiger partial charge in [-0.05, 0) is 25.1 Å². The molecular formula is C10H9F2NO. The van der Waals surface area contributed by atoms with Gasteiger partial charge in [-0.3, -0.25) is 0 Å². The first-order valence-electron chi connectivity index (χ1n) is 4.23. The highest BCUT2D eigenvalue weighted by molar-refractivity contribution is 5.52. The molecular weight excluding hydrogens is 188 g/mol. The van der Waals surface area contributed by atoms with Gasteiger partial charge in [0.1, 0.15) is 23.8 Å². The summed E-state index contributed by atoms with van der Waals surface area (Å²) >= 11 is 0. The number of aliphatic imine (C=N–C) groups is 1. The van der Waals surface area contributed by atoms with Crippen molar-refractivity contribution in [2.75, 3.05) is 6.61 Å². The third kappa shape index (κ3) is 1.36. The lowest BCUT2D eigenvalue weighted by Crippen LogP contribution is -2.22. The van der Waals surface area contributed by atoms with Gasteiger partial charge in [0.05, 0.1) is 0 Å². The number of benzene rings is 1. The fraction of sp³-hybridized carbons (Fsp3) is 0.300. The van der Waals surface area contributed by atoms with E-state index in [4.69, 9.17) is 4.74 Å². The van der Waals surface area contributed by atoms with Crippen molar-refractivity contribution < 1.29 is 13.5 Å². The SMILES string of the molecule is CC1(c2cc(F)ccc2F)COC=N1. The molecule has 0 amide bonds. The van der Waals surface area contributed by atoms with E-state index in [0.29, 0.717) is 0 Å². The molecule has 2 rings (SSSR count). The molecule has 1 aliphatic heterocycles. The molecule has 1 aromatic rings. The lowest BCUT2D eigenvalue weighted by Gasteiger charge is -2.19. The Morgan fingerprint density at radius 3 is 2.86 bits per heavy atom. The minimum atomic E-state index is -0.799. The smallest absolute Gasteiger partial charge is 0.170 e. The van der Waals surface area contributed by atoms with Crippen LogP contribution < -0.4 is 0 Å². The number of hydrogen-bond acceptors (Lipinski definition) is 2. The number of hydrogen-bond donors (Lipinski definition) is 0. The molecule has 74 valence electrons. The van der Waals surface area contributed by atoms with Gasteiger partial charge >= 0.3 is 0 Å². The largest absolute Gasteiger partial charge is 0.481 e. The van der Waals surface area contributed by atoms with Gasteiger partial charge in [0.25, 0.3) is 0 Å². The maximum atomic E-state index is 13.4. The third-order valence-corrected chi connectivity index (χ3v) is 2.29. The zero-order valence-electron chi connectivity index (χ0n) is 7.63. The van der Waals surface area contributed by atoms with Crippen molar-refractivity contribution in [3.63, 3.8) is 0 Å². The topological polar surface area (TPSA) is 21.6 Å². The minimum Gasteiger partial charge on any atom is -0.481 e. The van der Waals surface area contributed by atoms with Crippen molar-refractivity contribution in [1.29, 1.82) is 0 Å². The Morgan fingerprint density at radius 1 is 1.43 bits per heavy atom. The summed E-state index contributed by atoms with van der Waals surface area (Å²) in [7, 11) is 0. The van der Waals surface area contributed by atoms with Crippen molar-refractivity contribution in [2.24, 2.45) is 4.99 Å². The predicted octanol–water partition coefficient (Wildman–Crippen LogP) is 2.24. The molecule has 4 heteroatoms. The Balaban J connectivity index is 2.49. The van der Waals surface area contributed by atoms with Crippen molar-refractivity contribution in [3.8, 4) is 0 Å². The molecule has 0 bridgehead atoms. The Labute approximate surface area is 80.2 Å². The van der Waals surface area contributed by atoms with Crippen LogP contribution in [0.3, 0.4) is 0 Å². The molecule has 2 nitrogen and oxygen atoms in total. The summed E-state index contributed by atoms with van der Waals surface area (Å²) < 4.78 is 31.2.